The van der Waals surface area contributed by atoms with E-state index < -0.39 is 0 Å². The molecule has 0 heterocycles. The molecule has 0 aliphatic carbocycles. The fourth-order valence-electron chi connectivity index (χ4n) is 3.14. The third-order valence-electron chi connectivity index (χ3n) is 4.81. The Hall–Kier alpha value is -3.73. The van der Waals surface area contributed by atoms with E-state index in [1.165, 1.54) is 0 Å². The van der Waals surface area contributed by atoms with Crippen molar-refractivity contribution in [1.29, 1.82) is 5.41 Å². The van der Waals surface area contributed by atoms with E-state index in [0.29, 0.717) is 17.1 Å². The lowest BCUT2D eigenvalue weighted by Crippen LogP contribution is -2.08. The predicted molar refractivity (Wildman–Crippen MR) is 122 cm³/mol. The van der Waals surface area contributed by atoms with Gasteiger partial charge in [0.25, 0.3) is 0 Å². The summed E-state index contributed by atoms with van der Waals surface area (Å²) in [5.74, 6) is 0.530. The van der Waals surface area contributed by atoms with Gasteiger partial charge in [0.15, 0.2) is 11.7 Å². The number of hydrogen-bond acceptors (Lipinski definition) is 3. The Morgan fingerprint density at radius 1 is 0.767 bits per heavy atom. The van der Waals surface area contributed by atoms with Crippen LogP contribution in [0.3, 0.4) is 0 Å². The molecule has 30 heavy (non-hydrogen) atoms. The molecule has 0 atom stereocenters. The molecule has 0 aromatic heterocycles. The molecular formula is C25H25N3O2. The van der Waals surface area contributed by atoms with Crippen molar-refractivity contribution in [3.63, 3.8) is 0 Å². The predicted octanol–water partition coefficient (Wildman–Crippen LogP) is 5.30. The summed E-state index contributed by atoms with van der Waals surface area (Å²) >= 11 is 0. The van der Waals surface area contributed by atoms with Gasteiger partial charge in [-0.15, -0.1) is 0 Å². The number of nitrogens with zero attached hydrogens (tertiary/aromatic N) is 2. The minimum atomic E-state index is -0.0675. The highest BCUT2D eigenvalue weighted by atomic mass is 16.3. The van der Waals surface area contributed by atoms with Gasteiger partial charge in [0, 0.05) is 11.3 Å². The van der Waals surface area contributed by atoms with Crippen molar-refractivity contribution in [1.82, 2.24) is 0 Å². The molecule has 0 spiro atoms. The standard InChI is InChI=1S/C25H25N3O2/c1-15-5-8-19(9-6-15)25(27-18(4)21-12-10-20(29)14-17(21)3)28-24(26)22-11-7-16(2)13-23(22)30/h5-14,26,29-30H,1-4H3. The molecule has 0 fully saturated rings. The summed E-state index contributed by atoms with van der Waals surface area (Å²) in [7, 11) is 0. The van der Waals surface area contributed by atoms with E-state index in [2.05, 4.69) is 4.99 Å². The second-order valence-electron chi connectivity index (χ2n) is 7.37. The van der Waals surface area contributed by atoms with E-state index in [0.717, 1.165) is 27.8 Å². The van der Waals surface area contributed by atoms with Gasteiger partial charge in [-0.2, -0.15) is 0 Å². The van der Waals surface area contributed by atoms with Crippen LogP contribution in [0.5, 0.6) is 11.5 Å². The highest BCUT2D eigenvalue weighted by Crippen LogP contribution is 2.21. The first-order valence-electron chi connectivity index (χ1n) is 9.64. The molecule has 3 N–H and O–H groups in total. The summed E-state index contributed by atoms with van der Waals surface area (Å²) in [6, 6.07) is 18.0. The van der Waals surface area contributed by atoms with Gasteiger partial charge in [-0.05, 0) is 74.7 Å². The number of amidine groups is 2. The number of nitrogens with one attached hydrogen (secondary N) is 1. The van der Waals surface area contributed by atoms with Crippen molar-refractivity contribution in [3.05, 3.63) is 94.0 Å². The van der Waals surface area contributed by atoms with Crippen molar-refractivity contribution < 1.29 is 10.2 Å². The quantitative estimate of drug-likeness (QED) is 0.412. The Morgan fingerprint density at radius 2 is 1.40 bits per heavy atom. The summed E-state index contributed by atoms with van der Waals surface area (Å²) in [5.41, 5.74) is 5.63. The maximum atomic E-state index is 10.2. The van der Waals surface area contributed by atoms with E-state index in [-0.39, 0.29) is 17.3 Å². The highest BCUT2D eigenvalue weighted by molar-refractivity contribution is 6.17. The SMILES string of the molecule is CC(=NC(=NC(=N)c1ccc(C)cc1O)c1ccc(C)cc1)c1ccc(O)cc1C. The fourth-order valence-corrected chi connectivity index (χ4v) is 3.14. The van der Waals surface area contributed by atoms with Crippen LogP contribution in [0.1, 0.15) is 40.3 Å². The average molecular weight is 399 g/mol. The lowest BCUT2D eigenvalue weighted by Gasteiger charge is -2.09. The van der Waals surface area contributed by atoms with Gasteiger partial charge in [0.2, 0.25) is 0 Å². The largest absolute Gasteiger partial charge is 0.508 e. The Labute approximate surface area is 176 Å². The lowest BCUT2D eigenvalue weighted by atomic mass is 10.0. The Balaban J connectivity index is 2.09. The molecule has 5 nitrogen and oxygen atoms in total. The second-order valence-corrected chi connectivity index (χ2v) is 7.37. The Morgan fingerprint density at radius 3 is 2.03 bits per heavy atom. The van der Waals surface area contributed by atoms with Gasteiger partial charge >= 0.3 is 0 Å². The molecule has 152 valence electrons. The summed E-state index contributed by atoms with van der Waals surface area (Å²) in [6.07, 6.45) is 0. The first-order valence-corrected chi connectivity index (χ1v) is 9.64. The molecule has 5 heteroatoms. The molecule has 0 saturated carbocycles. The van der Waals surface area contributed by atoms with Crippen LogP contribution < -0.4 is 0 Å². The topological polar surface area (TPSA) is 89.0 Å². The van der Waals surface area contributed by atoms with Crippen molar-refractivity contribution in [2.75, 3.05) is 0 Å². The van der Waals surface area contributed by atoms with Crippen LogP contribution in [0, 0.1) is 26.2 Å². The van der Waals surface area contributed by atoms with Crippen molar-refractivity contribution in [2.45, 2.75) is 27.7 Å². The lowest BCUT2D eigenvalue weighted by molar-refractivity contribution is 0.473. The van der Waals surface area contributed by atoms with Crippen LogP contribution in [0.2, 0.25) is 0 Å². The maximum absolute atomic E-state index is 10.2. The van der Waals surface area contributed by atoms with Gasteiger partial charge in [0.1, 0.15) is 11.5 Å². The number of aliphatic imine (C=N–C) groups is 2. The zero-order chi connectivity index (χ0) is 21.8. The molecule has 0 saturated heterocycles. The molecule has 0 aliphatic rings. The van der Waals surface area contributed by atoms with E-state index in [1.807, 2.05) is 64.1 Å². The first-order chi connectivity index (χ1) is 14.2. The monoisotopic (exact) mass is 399 g/mol. The number of aryl methyl sites for hydroxylation is 3. The summed E-state index contributed by atoms with van der Waals surface area (Å²) in [6.45, 7) is 7.66. The van der Waals surface area contributed by atoms with Crippen LogP contribution in [0.25, 0.3) is 0 Å². The molecule has 0 bridgehead atoms. The van der Waals surface area contributed by atoms with Crippen molar-refractivity contribution in [2.24, 2.45) is 9.98 Å². The summed E-state index contributed by atoms with van der Waals surface area (Å²) in [5, 5.41) is 28.3. The summed E-state index contributed by atoms with van der Waals surface area (Å²) in [4.78, 5) is 9.17. The maximum Gasteiger partial charge on any atom is 0.161 e. The number of aromatic hydroxyl groups is 2. The van der Waals surface area contributed by atoms with Gasteiger partial charge in [-0.3, -0.25) is 5.41 Å². The highest BCUT2D eigenvalue weighted by Gasteiger charge is 2.11. The molecule has 3 aromatic carbocycles. The van der Waals surface area contributed by atoms with Crippen LogP contribution >= 0.6 is 0 Å². The van der Waals surface area contributed by atoms with E-state index in [1.54, 1.807) is 24.3 Å². The molecular weight excluding hydrogens is 374 g/mol. The number of phenols is 2. The zero-order valence-corrected chi connectivity index (χ0v) is 17.6. The third-order valence-corrected chi connectivity index (χ3v) is 4.81. The summed E-state index contributed by atoms with van der Waals surface area (Å²) < 4.78 is 0. The second kappa shape index (κ2) is 8.74. The molecule has 0 radical (unpaired) electrons. The zero-order valence-electron chi connectivity index (χ0n) is 17.6. The first kappa shape index (κ1) is 21.0. The van der Waals surface area contributed by atoms with Crippen molar-refractivity contribution in [3.8, 4) is 11.5 Å². The number of rotatable bonds is 3. The van der Waals surface area contributed by atoms with E-state index in [4.69, 9.17) is 10.4 Å². The van der Waals surface area contributed by atoms with Crippen molar-refractivity contribution >= 4 is 17.4 Å². The van der Waals surface area contributed by atoms with E-state index in [9.17, 15) is 10.2 Å². The molecule has 0 amide bonds. The van der Waals surface area contributed by atoms with Crippen LogP contribution in [0.4, 0.5) is 0 Å². The van der Waals surface area contributed by atoms with E-state index >= 15 is 0 Å². The van der Waals surface area contributed by atoms with Crippen LogP contribution in [-0.2, 0) is 0 Å². The smallest absolute Gasteiger partial charge is 0.161 e. The third kappa shape index (κ3) is 4.81. The number of phenolic OH excluding ortho intramolecular Hbond substituents is 2. The average Bonchev–Trinajstić information content (AvgIpc) is 2.67. The van der Waals surface area contributed by atoms with Crippen LogP contribution in [0.15, 0.2) is 70.6 Å². The van der Waals surface area contributed by atoms with Gasteiger partial charge in [0.05, 0.1) is 5.56 Å². The number of hydrogen-bond donors (Lipinski definition) is 3. The molecule has 3 aromatic rings. The Kier molecular flexibility index (Phi) is 6.11. The van der Waals surface area contributed by atoms with Gasteiger partial charge in [-0.1, -0.05) is 35.9 Å². The molecule has 3 rings (SSSR count). The Bertz CT molecular complexity index is 1160. The van der Waals surface area contributed by atoms with Gasteiger partial charge in [-0.25, -0.2) is 9.98 Å². The van der Waals surface area contributed by atoms with Gasteiger partial charge < -0.3 is 10.2 Å². The minimum absolute atomic E-state index is 0.0158. The molecule has 0 aliphatic heterocycles. The fraction of sp³-hybridized carbons (Fsp3) is 0.160. The molecule has 0 unspecified atom stereocenters. The van der Waals surface area contributed by atoms with Crippen LogP contribution in [-0.4, -0.2) is 27.6 Å². The number of benzene rings is 3. The normalized spacial score (nSPS) is 12.1. The minimum Gasteiger partial charge on any atom is -0.508 e.